The molecule has 178 valence electrons. The molecule has 0 saturated heterocycles. The van der Waals surface area contributed by atoms with Gasteiger partial charge in [-0.25, -0.2) is 18.0 Å². The molecule has 11 heteroatoms. The average Bonchev–Trinajstić information content (AvgIpc) is 3.31. The molecule has 0 radical (unpaired) electrons. The lowest BCUT2D eigenvalue weighted by molar-refractivity contribution is -0.123. The average molecular weight is 486 g/mol. The van der Waals surface area contributed by atoms with Gasteiger partial charge in [0.05, 0.1) is 29.0 Å². The highest BCUT2D eigenvalue weighted by atomic mass is 32.2. The van der Waals surface area contributed by atoms with Crippen molar-refractivity contribution >= 4 is 33.6 Å². The van der Waals surface area contributed by atoms with Gasteiger partial charge in [-0.05, 0) is 55.3 Å². The topological polar surface area (TPSA) is 144 Å². The molecule has 0 fully saturated rings. The van der Waals surface area contributed by atoms with Crippen LogP contribution in [0.2, 0.25) is 0 Å². The Morgan fingerprint density at radius 1 is 1.00 bits per heavy atom. The van der Waals surface area contributed by atoms with Crippen LogP contribution in [0.15, 0.2) is 70.2 Å². The lowest BCUT2D eigenvalue weighted by Crippen LogP contribution is -2.41. The fraction of sp³-hybridized carbons (Fsp3) is 0.174. The summed E-state index contributed by atoms with van der Waals surface area (Å²) in [5, 5.41) is 4.43. The maximum Gasteiger partial charge on any atom is 0.340 e. The number of hydrogen-bond acceptors (Lipinski definition) is 7. The number of ether oxygens (including phenoxy) is 1. The molecule has 0 aliphatic carbocycles. The molecule has 0 bridgehead atoms. The predicted octanol–water partition coefficient (Wildman–Crippen LogP) is 2.88. The molecule has 3 rings (SSSR count). The lowest BCUT2D eigenvalue weighted by atomic mass is 10.2. The molecule has 34 heavy (non-hydrogen) atoms. The Morgan fingerprint density at radius 2 is 1.76 bits per heavy atom. The molecule has 10 nitrogen and oxygen atoms in total. The van der Waals surface area contributed by atoms with Gasteiger partial charge in [0, 0.05) is 0 Å². The van der Waals surface area contributed by atoms with E-state index in [1.165, 1.54) is 30.5 Å². The van der Waals surface area contributed by atoms with E-state index in [-0.39, 0.29) is 22.7 Å². The predicted molar refractivity (Wildman–Crippen MR) is 123 cm³/mol. The molecule has 0 saturated carbocycles. The number of para-hydroxylation sites is 1. The second-order valence-electron chi connectivity index (χ2n) is 7.31. The number of carbonyl (C=O) groups excluding carboxylic acids is 3. The van der Waals surface area contributed by atoms with Gasteiger partial charge >= 0.3 is 12.0 Å². The molecule has 0 atom stereocenters. The molecule has 0 spiro atoms. The van der Waals surface area contributed by atoms with Crippen LogP contribution in [0.1, 0.15) is 27.2 Å². The Morgan fingerprint density at radius 3 is 2.50 bits per heavy atom. The number of esters is 1. The van der Waals surface area contributed by atoms with Crippen LogP contribution in [0.3, 0.4) is 0 Å². The van der Waals surface area contributed by atoms with Gasteiger partial charge in [-0.2, -0.15) is 0 Å². The summed E-state index contributed by atoms with van der Waals surface area (Å²) < 4.78 is 38.2. The van der Waals surface area contributed by atoms with Crippen LogP contribution in [-0.4, -0.2) is 32.9 Å². The number of imide groups is 1. The van der Waals surface area contributed by atoms with E-state index in [9.17, 15) is 22.8 Å². The number of urea groups is 1. The number of amides is 3. The summed E-state index contributed by atoms with van der Waals surface area (Å²) in [6.45, 7) is 2.76. The van der Waals surface area contributed by atoms with Crippen LogP contribution in [0.5, 0.6) is 0 Å². The van der Waals surface area contributed by atoms with Crippen molar-refractivity contribution in [1.82, 2.24) is 10.6 Å². The van der Waals surface area contributed by atoms with Crippen LogP contribution in [0.25, 0.3) is 0 Å². The summed E-state index contributed by atoms with van der Waals surface area (Å²) in [5.74, 6) is -1.31. The van der Waals surface area contributed by atoms with Gasteiger partial charge < -0.3 is 14.5 Å². The van der Waals surface area contributed by atoms with Crippen molar-refractivity contribution in [3.05, 3.63) is 83.3 Å². The number of sulfonamides is 1. The number of carbonyl (C=O) groups is 3. The first kappa shape index (κ1) is 24.5. The summed E-state index contributed by atoms with van der Waals surface area (Å²) in [7, 11) is -3.99. The fourth-order valence-corrected chi connectivity index (χ4v) is 4.35. The highest BCUT2D eigenvalue weighted by molar-refractivity contribution is 7.92. The lowest BCUT2D eigenvalue weighted by Gasteiger charge is -2.14. The third-order valence-corrected chi connectivity index (χ3v) is 6.12. The number of furan rings is 1. The third-order valence-electron chi connectivity index (χ3n) is 4.62. The maximum atomic E-state index is 12.9. The molecule has 3 N–H and O–H groups in total. The number of rotatable bonds is 8. The largest absolute Gasteiger partial charge is 0.467 e. The second kappa shape index (κ2) is 10.7. The normalized spacial score (nSPS) is 10.9. The Labute approximate surface area is 196 Å². The summed E-state index contributed by atoms with van der Waals surface area (Å²) in [6, 6.07) is 13.4. The standard InChI is InChI=1S/C23H23N3O7S/c1-15-9-10-16(2)20(12-15)34(30,31)26-19-8-4-3-7-18(19)22(28)33-14-21(27)25-23(29)24-13-17-6-5-11-32-17/h3-12,26H,13-14H2,1-2H3,(H2,24,25,27,29). The van der Waals surface area contributed by atoms with Gasteiger partial charge in [0.1, 0.15) is 5.76 Å². The molecule has 2 aromatic carbocycles. The van der Waals surface area contributed by atoms with Crippen LogP contribution in [-0.2, 0) is 26.1 Å². The van der Waals surface area contributed by atoms with E-state index < -0.39 is 34.5 Å². The van der Waals surface area contributed by atoms with Crippen molar-refractivity contribution in [3.8, 4) is 0 Å². The quantitative estimate of drug-likeness (QED) is 0.416. The number of aryl methyl sites for hydroxylation is 2. The zero-order valence-electron chi connectivity index (χ0n) is 18.5. The third kappa shape index (κ3) is 6.45. The molecule has 3 aromatic rings. The number of nitrogens with one attached hydrogen (secondary N) is 3. The molecule has 1 aromatic heterocycles. The van der Waals surface area contributed by atoms with E-state index >= 15 is 0 Å². The Hall–Kier alpha value is -4.12. The Bertz CT molecular complexity index is 1300. The minimum atomic E-state index is -3.99. The summed E-state index contributed by atoms with van der Waals surface area (Å²) >= 11 is 0. The van der Waals surface area contributed by atoms with E-state index in [0.717, 1.165) is 5.56 Å². The minimum Gasteiger partial charge on any atom is -0.467 e. The van der Waals surface area contributed by atoms with Gasteiger partial charge in [-0.3, -0.25) is 14.8 Å². The highest BCUT2D eigenvalue weighted by Gasteiger charge is 2.22. The Balaban J connectivity index is 1.61. The van der Waals surface area contributed by atoms with Crippen molar-refractivity contribution in [3.63, 3.8) is 0 Å². The van der Waals surface area contributed by atoms with Gasteiger partial charge in [0.25, 0.3) is 15.9 Å². The second-order valence-corrected chi connectivity index (χ2v) is 8.96. The smallest absolute Gasteiger partial charge is 0.340 e. The van der Waals surface area contributed by atoms with Crippen LogP contribution in [0, 0.1) is 13.8 Å². The first-order chi connectivity index (χ1) is 16.2. The van der Waals surface area contributed by atoms with Gasteiger partial charge in [-0.1, -0.05) is 24.3 Å². The van der Waals surface area contributed by atoms with Crippen LogP contribution < -0.4 is 15.4 Å². The molecule has 0 unspecified atom stereocenters. The van der Waals surface area contributed by atoms with Crippen LogP contribution in [0.4, 0.5) is 10.5 Å². The molecule has 1 heterocycles. The molecule has 0 aliphatic rings. The van der Waals surface area contributed by atoms with E-state index in [2.05, 4.69) is 10.0 Å². The van der Waals surface area contributed by atoms with E-state index in [4.69, 9.17) is 9.15 Å². The van der Waals surface area contributed by atoms with Gasteiger partial charge in [0.2, 0.25) is 0 Å². The summed E-state index contributed by atoms with van der Waals surface area (Å²) in [4.78, 5) is 36.3. The molecular formula is C23H23N3O7S. The zero-order valence-corrected chi connectivity index (χ0v) is 19.3. The first-order valence-corrected chi connectivity index (χ1v) is 11.6. The van der Waals surface area contributed by atoms with Gasteiger partial charge in [0.15, 0.2) is 6.61 Å². The molecule has 3 amide bonds. The number of anilines is 1. The minimum absolute atomic E-state index is 0.00925. The maximum absolute atomic E-state index is 12.9. The van der Waals surface area contributed by atoms with Crippen molar-refractivity contribution in [2.45, 2.75) is 25.3 Å². The summed E-state index contributed by atoms with van der Waals surface area (Å²) in [5.41, 5.74) is 1.20. The van der Waals surface area contributed by atoms with E-state index in [0.29, 0.717) is 11.3 Å². The SMILES string of the molecule is Cc1ccc(C)c(S(=O)(=O)Nc2ccccc2C(=O)OCC(=O)NC(=O)NCc2ccco2)c1. The first-order valence-electron chi connectivity index (χ1n) is 10.1. The Kier molecular flexibility index (Phi) is 7.69. The highest BCUT2D eigenvalue weighted by Crippen LogP contribution is 2.23. The van der Waals surface area contributed by atoms with Crippen molar-refractivity contribution < 1.29 is 32.0 Å². The van der Waals surface area contributed by atoms with Crippen molar-refractivity contribution in [2.75, 3.05) is 11.3 Å². The molecular weight excluding hydrogens is 462 g/mol. The fourth-order valence-electron chi connectivity index (χ4n) is 2.94. The van der Waals surface area contributed by atoms with Gasteiger partial charge in [-0.15, -0.1) is 0 Å². The monoisotopic (exact) mass is 485 g/mol. The van der Waals surface area contributed by atoms with E-state index in [1.807, 2.05) is 5.32 Å². The number of benzene rings is 2. The van der Waals surface area contributed by atoms with Crippen LogP contribution >= 0.6 is 0 Å². The zero-order chi connectivity index (χ0) is 24.7. The molecule has 0 aliphatic heterocycles. The summed E-state index contributed by atoms with van der Waals surface area (Å²) in [6.07, 6.45) is 1.44. The van der Waals surface area contributed by atoms with Crippen molar-refractivity contribution in [1.29, 1.82) is 0 Å². The van der Waals surface area contributed by atoms with E-state index in [1.54, 1.807) is 44.2 Å². The number of hydrogen-bond donors (Lipinski definition) is 3. The van der Waals surface area contributed by atoms with Crippen molar-refractivity contribution in [2.24, 2.45) is 0 Å².